The predicted molar refractivity (Wildman–Crippen MR) is 50.2 cm³/mol. The third kappa shape index (κ3) is 1.88. The first-order valence-corrected chi connectivity index (χ1v) is 4.91. The van der Waals surface area contributed by atoms with Crippen LogP contribution in [0.5, 0.6) is 0 Å². The SMILES string of the molecule is CCc1n[nH]nc1CCC1(N)CC1. The van der Waals surface area contributed by atoms with E-state index < -0.39 is 0 Å². The summed E-state index contributed by atoms with van der Waals surface area (Å²) in [5.74, 6) is 0. The van der Waals surface area contributed by atoms with Crippen molar-refractivity contribution in [3.63, 3.8) is 0 Å². The zero-order valence-corrected chi connectivity index (χ0v) is 8.01. The lowest BCUT2D eigenvalue weighted by Gasteiger charge is -2.05. The monoisotopic (exact) mass is 180 g/mol. The highest BCUT2D eigenvalue weighted by Gasteiger charge is 2.37. The van der Waals surface area contributed by atoms with E-state index in [9.17, 15) is 0 Å². The first-order valence-electron chi connectivity index (χ1n) is 4.91. The lowest BCUT2D eigenvalue weighted by atomic mass is 10.1. The number of nitrogens with zero attached hydrogens (tertiary/aromatic N) is 2. The Labute approximate surface area is 77.9 Å². The summed E-state index contributed by atoms with van der Waals surface area (Å²) >= 11 is 0. The van der Waals surface area contributed by atoms with Gasteiger partial charge in [0.15, 0.2) is 0 Å². The first-order chi connectivity index (χ1) is 6.23. The zero-order valence-electron chi connectivity index (χ0n) is 8.01. The van der Waals surface area contributed by atoms with Crippen molar-refractivity contribution in [2.75, 3.05) is 0 Å². The van der Waals surface area contributed by atoms with Gasteiger partial charge >= 0.3 is 0 Å². The van der Waals surface area contributed by atoms with E-state index in [0.29, 0.717) is 0 Å². The molecule has 1 aromatic heterocycles. The standard InChI is InChI=1S/C9H16N4/c1-2-7-8(12-13-11-7)3-4-9(10)5-6-9/h2-6,10H2,1H3,(H,11,12,13). The second kappa shape index (κ2) is 3.10. The Morgan fingerprint density at radius 3 is 2.69 bits per heavy atom. The molecule has 1 aliphatic carbocycles. The minimum Gasteiger partial charge on any atom is -0.325 e. The van der Waals surface area contributed by atoms with Gasteiger partial charge in [-0.15, -0.1) is 0 Å². The van der Waals surface area contributed by atoms with Crippen LogP contribution in [-0.2, 0) is 12.8 Å². The Morgan fingerprint density at radius 1 is 1.38 bits per heavy atom. The molecular weight excluding hydrogens is 164 g/mol. The number of nitrogens with one attached hydrogen (secondary N) is 1. The van der Waals surface area contributed by atoms with Crippen LogP contribution in [0.25, 0.3) is 0 Å². The van der Waals surface area contributed by atoms with E-state index in [1.165, 1.54) is 12.8 Å². The molecule has 1 aromatic rings. The van der Waals surface area contributed by atoms with Gasteiger partial charge in [-0.25, -0.2) is 0 Å². The smallest absolute Gasteiger partial charge is 0.0857 e. The number of hydrogen-bond donors (Lipinski definition) is 2. The number of hydrogen-bond acceptors (Lipinski definition) is 3. The van der Waals surface area contributed by atoms with Crippen molar-refractivity contribution in [1.82, 2.24) is 15.4 Å². The van der Waals surface area contributed by atoms with Crippen LogP contribution in [0.4, 0.5) is 0 Å². The van der Waals surface area contributed by atoms with Crippen LogP contribution in [0.2, 0.25) is 0 Å². The molecule has 1 saturated carbocycles. The molecule has 0 radical (unpaired) electrons. The molecule has 0 aromatic carbocycles. The second-order valence-corrected chi connectivity index (χ2v) is 3.93. The fourth-order valence-electron chi connectivity index (χ4n) is 1.54. The van der Waals surface area contributed by atoms with Crippen LogP contribution in [0.3, 0.4) is 0 Å². The van der Waals surface area contributed by atoms with Gasteiger partial charge in [0, 0.05) is 5.54 Å². The molecule has 4 heteroatoms. The minimum atomic E-state index is 0.129. The molecule has 0 spiro atoms. The summed E-state index contributed by atoms with van der Waals surface area (Å²) in [4.78, 5) is 0. The second-order valence-electron chi connectivity index (χ2n) is 3.93. The topological polar surface area (TPSA) is 67.6 Å². The van der Waals surface area contributed by atoms with E-state index in [4.69, 9.17) is 5.73 Å². The molecule has 13 heavy (non-hydrogen) atoms. The van der Waals surface area contributed by atoms with Crippen LogP contribution >= 0.6 is 0 Å². The van der Waals surface area contributed by atoms with Gasteiger partial charge in [0.05, 0.1) is 11.4 Å². The van der Waals surface area contributed by atoms with E-state index >= 15 is 0 Å². The summed E-state index contributed by atoms with van der Waals surface area (Å²) < 4.78 is 0. The maximum Gasteiger partial charge on any atom is 0.0857 e. The van der Waals surface area contributed by atoms with Gasteiger partial charge in [-0.2, -0.15) is 15.4 Å². The van der Waals surface area contributed by atoms with Crippen molar-refractivity contribution >= 4 is 0 Å². The van der Waals surface area contributed by atoms with E-state index in [1.54, 1.807) is 0 Å². The maximum atomic E-state index is 6.00. The predicted octanol–water partition coefficient (Wildman–Crippen LogP) is 0.791. The highest BCUT2D eigenvalue weighted by atomic mass is 15.3. The number of nitrogens with two attached hydrogens (primary N) is 1. The number of aromatic amines is 1. The van der Waals surface area contributed by atoms with Crippen molar-refractivity contribution in [2.45, 2.75) is 44.6 Å². The van der Waals surface area contributed by atoms with Crippen molar-refractivity contribution in [3.05, 3.63) is 11.4 Å². The molecule has 1 fully saturated rings. The average Bonchev–Trinajstić information content (AvgIpc) is 2.69. The molecule has 4 nitrogen and oxygen atoms in total. The Bertz CT molecular complexity index is 288. The highest BCUT2D eigenvalue weighted by Crippen LogP contribution is 2.36. The summed E-state index contributed by atoms with van der Waals surface area (Å²) in [6.45, 7) is 2.09. The van der Waals surface area contributed by atoms with E-state index in [-0.39, 0.29) is 5.54 Å². The van der Waals surface area contributed by atoms with Crippen LogP contribution in [-0.4, -0.2) is 20.9 Å². The molecule has 1 aliphatic rings. The van der Waals surface area contributed by atoms with Gasteiger partial charge in [-0.1, -0.05) is 6.92 Å². The number of rotatable bonds is 4. The Kier molecular flexibility index (Phi) is 2.07. The van der Waals surface area contributed by atoms with Gasteiger partial charge in [0.2, 0.25) is 0 Å². The van der Waals surface area contributed by atoms with Crippen LogP contribution < -0.4 is 5.73 Å². The molecule has 0 bridgehead atoms. The maximum absolute atomic E-state index is 6.00. The number of H-pyrrole nitrogens is 1. The molecule has 72 valence electrons. The Hall–Kier alpha value is -0.900. The van der Waals surface area contributed by atoms with Crippen LogP contribution in [0, 0.1) is 0 Å². The fourth-order valence-corrected chi connectivity index (χ4v) is 1.54. The minimum absolute atomic E-state index is 0.129. The summed E-state index contributed by atoms with van der Waals surface area (Å²) in [5.41, 5.74) is 8.31. The quantitative estimate of drug-likeness (QED) is 0.720. The summed E-state index contributed by atoms with van der Waals surface area (Å²) in [6, 6.07) is 0. The molecule has 0 saturated heterocycles. The Balaban J connectivity index is 1.93. The Morgan fingerprint density at radius 2 is 2.08 bits per heavy atom. The molecule has 0 amide bonds. The van der Waals surface area contributed by atoms with E-state index in [2.05, 4.69) is 22.3 Å². The first kappa shape index (κ1) is 8.69. The van der Waals surface area contributed by atoms with Crippen molar-refractivity contribution in [3.8, 4) is 0 Å². The molecule has 2 rings (SSSR count). The van der Waals surface area contributed by atoms with Crippen LogP contribution in [0.1, 0.15) is 37.6 Å². The zero-order chi connectivity index (χ0) is 9.31. The van der Waals surface area contributed by atoms with Crippen molar-refractivity contribution < 1.29 is 0 Å². The van der Waals surface area contributed by atoms with Gasteiger partial charge in [0.25, 0.3) is 0 Å². The van der Waals surface area contributed by atoms with Crippen molar-refractivity contribution in [1.29, 1.82) is 0 Å². The van der Waals surface area contributed by atoms with E-state index in [0.717, 1.165) is 30.7 Å². The third-order valence-electron chi connectivity index (χ3n) is 2.79. The van der Waals surface area contributed by atoms with Gasteiger partial charge < -0.3 is 5.73 Å². The number of aryl methyl sites for hydroxylation is 2. The summed E-state index contributed by atoms with van der Waals surface area (Å²) in [6.07, 6.45) is 5.31. The normalized spacial score (nSPS) is 18.9. The van der Waals surface area contributed by atoms with Gasteiger partial charge in [-0.05, 0) is 32.1 Å². The molecule has 0 unspecified atom stereocenters. The number of aromatic nitrogens is 3. The average molecular weight is 180 g/mol. The van der Waals surface area contributed by atoms with E-state index in [1.807, 2.05) is 0 Å². The molecule has 0 aliphatic heterocycles. The van der Waals surface area contributed by atoms with Gasteiger partial charge in [-0.3, -0.25) is 0 Å². The lowest BCUT2D eigenvalue weighted by Crippen LogP contribution is -2.22. The highest BCUT2D eigenvalue weighted by molar-refractivity contribution is 5.11. The molecule has 0 atom stereocenters. The van der Waals surface area contributed by atoms with Crippen LogP contribution in [0.15, 0.2) is 0 Å². The van der Waals surface area contributed by atoms with Gasteiger partial charge in [0.1, 0.15) is 0 Å². The fraction of sp³-hybridized carbons (Fsp3) is 0.778. The van der Waals surface area contributed by atoms with Crippen molar-refractivity contribution in [2.24, 2.45) is 5.73 Å². The third-order valence-corrected chi connectivity index (χ3v) is 2.79. The molecule has 3 N–H and O–H groups in total. The molecule has 1 heterocycles. The largest absolute Gasteiger partial charge is 0.325 e. The summed E-state index contributed by atoms with van der Waals surface area (Å²) in [7, 11) is 0. The lowest BCUT2D eigenvalue weighted by molar-refractivity contribution is 0.601. The molecular formula is C9H16N4. The summed E-state index contributed by atoms with van der Waals surface area (Å²) in [5, 5.41) is 10.9.